The fraction of sp³-hybridized carbons (Fsp3) is 0.545. The van der Waals surface area contributed by atoms with Crippen molar-refractivity contribution >= 4 is 39.7 Å². The first-order valence-corrected chi connectivity index (χ1v) is 12.6. The van der Waals surface area contributed by atoms with E-state index in [-0.39, 0.29) is 29.3 Å². The zero-order valence-corrected chi connectivity index (χ0v) is 21.0. The van der Waals surface area contributed by atoms with E-state index in [0.717, 1.165) is 11.3 Å². The molecule has 0 aromatic carbocycles. The molecule has 0 radical (unpaired) electrons. The molecule has 13 heteroatoms. The van der Waals surface area contributed by atoms with Gasteiger partial charge in [-0.15, -0.1) is 22.7 Å². The number of carbonyl (C=O) groups is 2. The van der Waals surface area contributed by atoms with E-state index >= 15 is 0 Å². The van der Waals surface area contributed by atoms with Crippen LogP contribution in [-0.4, -0.2) is 35.9 Å². The van der Waals surface area contributed by atoms with Gasteiger partial charge in [-0.2, -0.15) is 13.2 Å². The summed E-state index contributed by atoms with van der Waals surface area (Å²) < 4.78 is 51.6. The van der Waals surface area contributed by atoms with E-state index in [0.29, 0.717) is 58.1 Å². The Morgan fingerprint density at radius 3 is 2.63 bits per heavy atom. The average Bonchev–Trinajstić information content (AvgIpc) is 3.30. The van der Waals surface area contributed by atoms with Crippen molar-refractivity contribution in [1.29, 1.82) is 0 Å². The van der Waals surface area contributed by atoms with Crippen LogP contribution in [-0.2, 0) is 41.6 Å². The standard InChI is InChI=1S/C22H26F3N3O5S2/c1-21(2,3)33-18(29)14-11-5-7-32-19(30)15(11)35-17(14)28-20(31)27-8-12-10-4-6-26-9-13(10)34-16(12)22(23,24)25/h19,26,30H,4-9H2,1-3H3,(H2,27,28,31). The summed E-state index contributed by atoms with van der Waals surface area (Å²) in [6.07, 6.45) is -4.99. The molecule has 2 aromatic heterocycles. The molecule has 8 nitrogen and oxygen atoms in total. The second-order valence-electron chi connectivity index (χ2n) is 9.17. The summed E-state index contributed by atoms with van der Waals surface area (Å²) in [5.74, 6) is -0.668. The number of rotatable bonds is 4. The molecule has 1 unspecified atom stereocenters. The fourth-order valence-corrected chi connectivity index (χ4v) is 6.42. The molecular weight excluding hydrogens is 507 g/mol. The topological polar surface area (TPSA) is 109 Å². The Kier molecular flexibility index (Phi) is 7.17. The number of nitrogens with one attached hydrogen (secondary N) is 3. The van der Waals surface area contributed by atoms with Gasteiger partial charge in [0.1, 0.15) is 15.5 Å². The van der Waals surface area contributed by atoms with Gasteiger partial charge in [0.05, 0.1) is 17.0 Å². The maximum Gasteiger partial charge on any atom is 0.425 e. The molecule has 2 amide bonds. The first kappa shape index (κ1) is 25.9. The summed E-state index contributed by atoms with van der Waals surface area (Å²) in [7, 11) is 0. The number of anilines is 1. The molecule has 4 heterocycles. The molecule has 2 aliphatic heterocycles. The molecule has 0 spiro atoms. The number of ether oxygens (including phenoxy) is 2. The largest absolute Gasteiger partial charge is 0.456 e. The van der Waals surface area contributed by atoms with E-state index in [1.54, 1.807) is 20.8 Å². The molecule has 35 heavy (non-hydrogen) atoms. The van der Waals surface area contributed by atoms with Crippen molar-refractivity contribution < 1.29 is 37.3 Å². The Morgan fingerprint density at radius 2 is 1.94 bits per heavy atom. The van der Waals surface area contributed by atoms with Crippen LogP contribution in [0.15, 0.2) is 0 Å². The quantitative estimate of drug-likeness (QED) is 0.436. The first-order chi connectivity index (χ1) is 16.3. The number of amides is 2. The number of thiophene rings is 2. The van der Waals surface area contributed by atoms with Gasteiger partial charge in [0.2, 0.25) is 0 Å². The number of aliphatic hydroxyl groups excluding tert-OH is 1. The predicted molar refractivity (Wildman–Crippen MR) is 125 cm³/mol. The van der Waals surface area contributed by atoms with Crippen LogP contribution in [0.3, 0.4) is 0 Å². The summed E-state index contributed by atoms with van der Waals surface area (Å²) in [6, 6.07) is -0.772. The summed E-state index contributed by atoms with van der Waals surface area (Å²) >= 11 is 1.67. The van der Waals surface area contributed by atoms with Gasteiger partial charge in [-0.1, -0.05) is 0 Å². The summed E-state index contributed by atoms with van der Waals surface area (Å²) in [5.41, 5.74) is 0.527. The van der Waals surface area contributed by atoms with Crippen LogP contribution in [0.2, 0.25) is 0 Å². The lowest BCUT2D eigenvalue weighted by Crippen LogP contribution is -2.31. The Labute approximate surface area is 207 Å². The molecule has 1 atom stereocenters. The summed E-state index contributed by atoms with van der Waals surface area (Å²) in [6.45, 7) is 5.91. The number of esters is 1. The van der Waals surface area contributed by atoms with Crippen LogP contribution in [0.1, 0.15) is 68.7 Å². The van der Waals surface area contributed by atoms with Crippen LogP contribution in [0.4, 0.5) is 23.0 Å². The minimum Gasteiger partial charge on any atom is -0.456 e. The highest BCUT2D eigenvalue weighted by Gasteiger charge is 2.38. The van der Waals surface area contributed by atoms with E-state index in [9.17, 15) is 27.9 Å². The Hall–Kier alpha value is -2.19. The van der Waals surface area contributed by atoms with Gasteiger partial charge in [-0.3, -0.25) is 5.32 Å². The number of hydrogen-bond acceptors (Lipinski definition) is 8. The monoisotopic (exact) mass is 533 g/mol. The zero-order chi connectivity index (χ0) is 25.5. The number of urea groups is 1. The van der Waals surface area contributed by atoms with Crippen molar-refractivity contribution in [3.63, 3.8) is 0 Å². The van der Waals surface area contributed by atoms with E-state index < -0.39 is 34.9 Å². The average molecular weight is 534 g/mol. The van der Waals surface area contributed by atoms with E-state index in [1.807, 2.05) is 0 Å². The van der Waals surface area contributed by atoms with Crippen LogP contribution in [0, 0.1) is 0 Å². The number of hydrogen-bond donors (Lipinski definition) is 4. The van der Waals surface area contributed by atoms with Gasteiger partial charge in [-0.05, 0) is 56.8 Å². The van der Waals surface area contributed by atoms with E-state index in [4.69, 9.17) is 9.47 Å². The maximum atomic E-state index is 13.6. The van der Waals surface area contributed by atoms with Crippen LogP contribution in [0.5, 0.6) is 0 Å². The number of alkyl halides is 3. The Morgan fingerprint density at radius 1 is 1.20 bits per heavy atom. The first-order valence-electron chi connectivity index (χ1n) is 11.0. The minimum atomic E-state index is -4.53. The third-order valence-electron chi connectivity index (χ3n) is 5.44. The van der Waals surface area contributed by atoms with Gasteiger partial charge in [0.15, 0.2) is 6.29 Å². The highest BCUT2D eigenvalue weighted by molar-refractivity contribution is 7.17. The molecule has 4 rings (SSSR count). The molecule has 192 valence electrons. The number of fused-ring (bicyclic) bond motifs is 2. The van der Waals surface area contributed by atoms with Crippen molar-refractivity contribution in [3.8, 4) is 0 Å². The highest BCUT2D eigenvalue weighted by atomic mass is 32.1. The van der Waals surface area contributed by atoms with Crippen molar-refractivity contribution in [2.45, 2.75) is 64.8 Å². The Bertz CT molecular complexity index is 1140. The summed E-state index contributed by atoms with van der Waals surface area (Å²) in [5, 5.41) is 18.5. The predicted octanol–water partition coefficient (Wildman–Crippen LogP) is 4.31. The van der Waals surface area contributed by atoms with Crippen LogP contribution in [0.25, 0.3) is 0 Å². The summed E-state index contributed by atoms with van der Waals surface area (Å²) in [4.78, 5) is 25.9. The fourth-order valence-electron chi connectivity index (χ4n) is 4.04. The van der Waals surface area contributed by atoms with E-state index in [1.165, 1.54) is 0 Å². The normalized spacial score (nSPS) is 18.0. The van der Waals surface area contributed by atoms with Gasteiger partial charge in [0.25, 0.3) is 0 Å². The maximum absolute atomic E-state index is 13.6. The van der Waals surface area contributed by atoms with Gasteiger partial charge in [-0.25, -0.2) is 9.59 Å². The lowest BCUT2D eigenvalue weighted by Gasteiger charge is -2.22. The smallest absolute Gasteiger partial charge is 0.425 e. The molecule has 2 aliphatic rings. The van der Waals surface area contributed by atoms with Gasteiger partial charge < -0.3 is 25.2 Å². The lowest BCUT2D eigenvalue weighted by molar-refractivity contribution is -0.135. The molecule has 0 saturated carbocycles. The number of aliphatic hydroxyl groups is 1. The second kappa shape index (κ2) is 9.69. The third-order valence-corrected chi connectivity index (χ3v) is 7.94. The van der Waals surface area contributed by atoms with Gasteiger partial charge in [0, 0.05) is 18.0 Å². The molecule has 0 bridgehead atoms. The van der Waals surface area contributed by atoms with Crippen molar-refractivity contribution in [2.24, 2.45) is 0 Å². The number of carbonyl (C=O) groups excluding carboxylic acids is 2. The SMILES string of the molecule is CC(C)(C)OC(=O)c1c(NC(=O)NCc2c(C(F)(F)F)sc3c2CCNC3)sc2c1CCOC2O. The van der Waals surface area contributed by atoms with E-state index in [2.05, 4.69) is 16.0 Å². The lowest BCUT2D eigenvalue weighted by atomic mass is 10.0. The molecular formula is C22H26F3N3O5S2. The zero-order valence-electron chi connectivity index (χ0n) is 19.4. The van der Waals surface area contributed by atoms with Crippen molar-refractivity contribution in [1.82, 2.24) is 10.6 Å². The number of halogens is 3. The molecule has 0 saturated heterocycles. The van der Waals surface area contributed by atoms with Crippen molar-refractivity contribution in [3.05, 3.63) is 36.9 Å². The highest BCUT2D eigenvalue weighted by Crippen LogP contribution is 2.43. The molecule has 0 fully saturated rings. The van der Waals surface area contributed by atoms with Gasteiger partial charge >= 0.3 is 18.2 Å². The van der Waals surface area contributed by atoms with Crippen LogP contribution >= 0.6 is 22.7 Å². The minimum absolute atomic E-state index is 0.0656. The Balaban J connectivity index is 1.56. The molecule has 0 aliphatic carbocycles. The third kappa shape index (κ3) is 5.64. The molecule has 4 N–H and O–H groups in total. The molecule has 2 aromatic rings. The van der Waals surface area contributed by atoms with Crippen LogP contribution < -0.4 is 16.0 Å². The van der Waals surface area contributed by atoms with Crippen molar-refractivity contribution in [2.75, 3.05) is 18.5 Å². The second-order valence-corrected chi connectivity index (χ2v) is 11.3.